The maximum atomic E-state index is 11.5. The summed E-state index contributed by atoms with van der Waals surface area (Å²) in [6.45, 7) is 5.83. The molecule has 0 aliphatic rings. The molecular weight excluding hydrogens is 203 g/mol. The first kappa shape index (κ1) is 13.4. The molecule has 0 aromatic rings. The van der Waals surface area contributed by atoms with Gasteiger partial charge in [-0.15, -0.1) is 0 Å². The second-order valence-electron chi connectivity index (χ2n) is 2.77. The predicted octanol–water partition coefficient (Wildman–Crippen LogP) is 2.05. The van der Waals surface area contributed by atoms with E-state index in [1.807, 2.05) is 0 Å². The lowest BCUT2D eigenvalue weighted by Crippen LogP contribution is -1.99. The number of carbonyl (C=O) groups excluding carboxylic acids is 1. The Morgan fingerprint density at radius 2 is 2.00 bits per heavy atom. The molecule has 0 saturated carbocycles. The van der Waals surface area contributed by atoms with Crippen LogP contribution in [0.1, 0.15) is 13.8 Å². The van der Waals surface area contributed by atoms with Gasteiger partial charge in [0.25, 0.3) is 0 Å². The molecule has 0 fully saturated rings. The third kappa shape index (κ3) is 6.87. The molecule has 0 N–H and O–H groups in total. The lowest BCUT2D eigenvalue weighted by molar-refractivity contribution is -0.137. The Labute approximate surface area is 84.7 Å². The zero-order valence-electron chi connectivity index (χ0n) is 8.86. The average molecular weight is 220 g/mol. The normalized spacial score (nSPS) is 15.4. The molecule has 14 heavy (non-hydrogen) atoms. The molecule has 0 radical (unpaired) electrons. The van der Waals surface area contributed by atoms with Gasteiger partial charge in [-0.1, -0.05) is 6.08 Å². The Morgan fingerprint density at radius 3 is 2.50 bits per heavy atom. The Kier molecular flexibility index (Phi) is 6.50. The Bertz CT molecular complexity index is 247. The summed E-state index contributed by atoms with van der Waals surface area (Å²) in [5.41, 5.74) is 0. The van der Waals surface area contributed by atoms with Gasteiger partial charge < -0.3 is 9.26 Å². The van der Waals surface area contributed by atoms with E-state index in [-0.39, 0.29) is 6.16 Å². The number of ether oxygens (including phenoxy) is 1. The Balaban J connectivity index is 3.92. The van der Waals surface area contributed by atoms with Crippen LogP contribution in [-0.4, -0.2) is 32.0 Å². The highest BCUT2D eigenvalue weighted by Gasteiger charge is 2.12. The molecule has 0 saturated heterocycles. The van der Waals surface area contributed by atoms with Crippen LogP contribution in [0, 0.1) is 0 Å². The molecule has 0 aromatic heterocycles. The number of esters is 1. The third-order valence-corrected chi connectivity index (χ3v) is 3.06. The highest BCUT2D eigenvalue weighted by Crippen LogP contribution is 2.41. The fourth-order valence-electron chi connectivity index (χ4n) is 0.857. The van der Waals surface area contributed by atoms with E-state index in [2.05, 4.69) is 4.74 Å². The molecule has 0 aromatic carbocycles. The summed E-state index contributed by atoms with van der Waals surface area (Å²) in [5, 5.41) is 0. The number of hydrogen-bond acceptors (Lipinski definition) is 4. The van der Waals surface area contributed by atoms with Crippen LogP contribution in [0.4, 0.5) is 0 Å². The smallest absolute Gasteiger partial charge is 0.330 e. The van der Waals surface area contributed by atoms with Crippen molar-refractivity contribution in [3.05, 3.63) is 12.2 Å². The fraction of sp³-hybridized carbons (Fsp3) is 0.667. The molecule has 1 unspecified atom stereocenters. The van der Waals surface area contributed by atoms with Crippen molar-refractivity contribution in [1.82, 2.24) is 0 Å². The maximum Gasteiger partial charge on any atom is 0.330 e. The number of rotatable bonds is 6. The number of allylic oxidation sites excluding steroid dienone is 1. The summed E-state index contributed by atoms with van der Waals surface area (Å²) < 4.78 is 21.2. The molecular formula is C9H17O4P. The number of carbonyl (C=O) groups is 1. The summed E-state index contributed by atoms with van der Waals surface area (Å²) in [6.07, 6.45) is 3.06. The van der Waals surface area contributed by atoms with Crippen molar-refractivity contribution in [3.63, 3.8) is 0 Å². The first-order valence-corrected chi connectivity index (χ1v) is 6.82. The molecule has 0 spiro atoms. The summed E-state index contributed by atoms with van der Waals surface area (Å²) in [7, 11) is -2.56. The minimum atomic E-state index is -2.56. The van der Waals surface area contributed by atoms with E-state index >= 15 is 0 Å². The van der Waals surface area contributed by atoms with Crippen LogP contribution in [0.2, 0.25) is 0 Å². The van der Waals surface area contributed by atoms with Crippen molar-refractivity contribution >= 4 is 13.3 Å². The molecule has 0 rings (SSSR count). The lowest BCUT2D eigenvalue weighted by atomic mass is 10.5. The molecule has 1 atom stereocenters. The first-order chi connectivity index (χ1) is 6.52. The van der Waals surface area contributed by atoms with Crippen LogP contribution in [-0.2, 0) is 18.6 Å². The van der Waals surface area contributed by atoms with Crippen molar-refractivity contribution in [3.8, 4) is 0 Å². The number of hydrogen-bond donors (Lipinski definition) is 0. The van der Waals surface area contributed by atoms with Gasteiger partial charge in [-0.2, -0.15) is 0 Å². The standard InChI is InChI=1S/C9H17O4P/c1-4-12-9(10)7-6-8-14(3,11)13-5-2/h6-7H,4-5,8H2,1-3H3/b7-6+. The highest BCUT2D eigenvalue weighted by molar-refractivity contribution is 7.58. The van der Waals surface area contributed by atoms with Crippen LogP contribution in [0.25, 0.3) is 0 Å². The van der Waals surface area contributed by atoms with Crippen LogP contribution < -0.4 is 0 Å². The van der Waals surface area contributed by atoms with E-state index in [1.54, 1.807) is 20.5 Å². The second-order valence-corrected chi connectivity index (χ2v) is 5.42. The van der Waals surface area contributed by atoms with Crippen molar-refractivity contribution in [2.24, 2.45) is 0 Å². The van der Waals surface area contributed by atoms with Gasteiger partial charge in [0.1, 0.15) is 0 Å². The molecule has 5 heteroatoms. The van der Waals surface area contributed by atoms with E-state index in [0.29, 0.717) is 13.2 Å². The molecule has 0 bridgehead atoms. The van der Waals surface area contributed by atoms with Crippen molar-refractivity contribution in [1.29, 1.82) is 0 Å². The Hall–Kier alpha value is -0.600. The SMILES string of the molecule is CCOC(=O)/C=C/CP(C)(=O)OCC. The molecule has 0 amide bonds. The van der Waals surface area contributed by atoms with E-state index in [0.717, 1.165) is 0 Å². The van der Waals surface area contributed by atoms with Gasteiger partial charge in [-0.25, -0.2) is 4.79 Å². The monoisotopic (exact) mass is 220 g/mol. The zero-order valence-corrected chi connectivity index (χ0v) is 9.75. The predicted molar refractivity (Wildman–Crippen MR) is 55.8 cm³/mol. The van der Waals surface area contributed by atoms with Crippen molar-refractivity contribution < 1.29 is 18.6 Å². The molecule has 82 valence electrons. The van der Waals surface area contributed by atoms with Crippen molar-refractivity contribution in [2.45, 2.75) is 13.8 Å². The first-order valence-electron chi connectivity index (χ1n) is 4.56. The largest absolute Gasteiger partial charge is 0.463 e. The minimum absolute atomic E-state index is 0.264. The van der Waals surface area contributed by atoms with Crippen LogP contribution in [0.5, 0.6) is 0 Å². The summed E-state index contributed by atoms with van der Waals surface area (Å²) >= 11 is 0. The molecule has 0 aliphatic heterocycles. The average Bonchev–Trinajstić information content (AvgIpc) is 2.03. The van der Waals surface area contributed by atoms with Crippen molar-refractivity contribution in [2.75, 3.05) is 26.0 Å². The summed E-state index contributed by atoms with van der Waals surface area (Å²) in [5.74, 6) is -0.413. The molecule has 0 heterocycles. The minimum Gasteiger partial charge on any atom is -0.463 e. The summed E-state index contributed by atoms with van der Waals surface area (Å²) in [6, 6.07) is 0. The quantitative estimate of drug-likeness (QED) is 0.390. The van der Waals surface area contributed by atoms with Crippen LogP contribution >= 0.6 is 7.37 Å². The van der Waals surface area contributed by atoms with Crippen LogP contribution in [0.3, 0.4) is 0 Å². The van der Waals surface area contributed by atoms with Gasteiger partial charge in [0, 0.05) is 18.9 Å². The maximum absolute atomic E-state index is 11.5. The topological polar surface area (TPSA) is 52.6 Å². The van der Waals surface area contributed by atoms with Gasteiger partial charge in [0.2, 0.25) is 7.37 Å². The molecule has 0 aliphatic carbocycles. The highest BCUT2D eigenvalue weighted by atomic mass is 31.2. The molecule has 4 nitrogen and oxygen atoms in total. The van der Waals surface area contributed by atoms with Gasteiger partial charge in [0.05, 0.1) is 13.2 Å². The van der Waals surface area contributed by atoms with E-state index in [4.69, 9.17) is 4.52 Å². The van der Waals surface area contributed by atoms with E-state index in [9.17, 15) is 9.36 Å². The van der Waals surface area contributed by atoms with Gasteiger partial charge in [-0.05, 0) is 13.8 Å². The third-order valence-electron chi connectivity index (χ3n) is 1.38. The zero-order chi connectivity index (χ0) is 11.0. The van der Waals surface area contributed by atoms with Gasteiger partial charge in [0.15, 0.2) is 0 Å². The Morgan fingerprint density at radius 1 is 1.36 bits per heavy atom. The van der Waals surface area contributed by atoms with E-state index in [1.165, 1.54) is 12.2 Å². The lowest BCUT2D eigenvalue weighted by Gasteiger charge is -2.08. The van der Waals surface area contributed by atoms with E-state index < -0.39 is 13.3 Å². The van der Waals surface area contributed by atoms with Crippen LogP contribution in [0.15, 0.2) is 12.2 Å². The fourth-order valence-corrected chi connectivity index (χ4v) is 2.00. The summed E-state index contributed by atoms with van der Waals surface area (Å²) in [4.78, 5) is 10.8. The van der Waals surface area contributed by atoms with Gasteiger partial charge >= 0.3 is 5.97 Å². The second kappa shape index (κ2) is 6.80. The van der Waals surface area contributed by atoms with Gasteiger partial charge in [-0.3, -0.25) is 4.57 Å².